The molecule has 110 valence electrons. The highest BCUT2D eigenvalue weighted by Gasteiger charge is 2.25. The Bertz CT molecular complexity index is 481. The third-order valence-electron chi connectivity index (χ3n) is 1.89. The van der Waals surface area contributed by atoms with E-state index in [0.717, 1.165) is 0 Å². The molecule has 20 heavy (non-hydrogen) atoms. The highest BCUT2D eigenvalue weighted by atomic mass is 79.9. The number of benzene rings is 1. The SMILES string of the molecule is COC(=O)Oc1c(Br)c(Br)c(OC(=O)OC)c(Br)c1Br. The van der Waals surface area contributed by atoms with E-state index in [4.69, 9.17) is 9.47 Å². The molecular weight excluding hydrogens is 536 g/mol. The molecule has 0 N–H and O–H groups in total. The van der Waals surface area contributed by atoms with Crippen LogP contribution in [0.3, 0.4) is 0 Å². The second kappa shape index (κ2) is 7.62. The van der Waals surface area contributed by atoms with Gasteiger partial charge in [0.1, 0.15) is 0 Å². The molecule has 0 aromatic heterocycles. The molecule has 0 bridgehead atoms. The van der Waals surface area contributed by atoms with Crippen LogP contribution in [0.15, 0.2) is 17.9 Å². The quantitative estimate of drug-likeness (QED) is 0.297. The van der Waals surface area contributed by atoms with Crippen molar-refractivity contribution in [2.75, 3.05) is 14.2 Å². The van der Waals surface area contributed by atoms with Gasteiger partial charge in [-0.1, -0.05) is 0 Å². The number of hydrogen-bond acceptors (Lipinski definition) is 6. The zero-order valence-corrected chi connectivity index (χ0v) is 16.3. The number of ether oxygens (including phenoxy) is 4. The smallest absolute Gasteiger partial charge is 0.437 e. The van der Waals surface area contributed by atoms with E-state index in [0.29, 0.717) is 17.9 Å². The van der Waals surface area contributed by atoms with Gasteiger partial charge in [-0.2, -0.15) is 0 Å². The van der Waals surface area contributed by atoms with Crippen LogP contribution in [0.4, 0.5) is 9.59 Å². The second-order valence-electron chi connectivity index (χ2n) is 3.03. The van der Waals surface area contributed by atoms with Crippen LogP contribution in [0, 0.1) is 0 Å². The van der Waals surface area contributed by atoms with Crippen LogP contribution in [0.1, 0.15) is 0 Å². The lowest BCUT2D eigenvalue weighted by molar-refractivity contribution is 0.118. The van der Waals surface area contributed by atoms with Crippen LogP contribution in [0.25, 0.3) is 0 Å². The molecule has 0 fully saturated rings. The van der Waals surface area contributed by atoms with E-state index in [1.807, 2.05) is 0 Å². The van der Waals surface area contributed by atoms with Gasteiger partial charge in [0.15, 0.2) is 11.5 Å². The van der Waals surface area contributed by atoms with E-state index in [2.05, 4.69) is 73.2 Å². The average molecular weight is 542 g/mol. The Morgan fingerprint density at radius 1 is 0.700 bits per heavy atom. The highest BCUT2D eigenvalue weighted by molar-refractivity contribution is 9.14. The van der Waals surface area contributed by atoms with E-state index in [9.17, 15) is 9.59 Å². The van der Waals surface area contributed by atoms with Gasteiger partial charge in [0.2, 0.25) is 0 Å². The monoisotopic (exact) mass is 538 g/mol. The summed E-state index contributed by atoms with van der Waals surface area (Å²) in [4.78, 5) is 22.4. The summed E-state index contributed by atoms with van der Waals surface area (Å²) in [5.74, 6) is 0.292. The normalized spacial score (nSPS) is 9.90. The lowest BCUT2D eigenvalue weighted by atomic mass is 10.3. The summed E-state index contributed by atoms with van der Waals surface area (Å²) in [5, 5.41) is 0. The van der Waals surface area contributed by atoms with Crippen molar-refractivity contribution in [2.45, 2.75) is 0 Å². The van der Waals surface area contributed by atoms with Gasteiger partial charge in [-0.25, -0.2) is 9.59 Å². The molecule has 0 amide bonds. The second-order valence-corrected chi connectivity index (χ2v) is 6.20. The van der Waals surface area contributed by atoms with Gasteiger partial charge in [0.05, 0.1) is 32.1 Å². The van der Waals surface area contributed by atoms with Crippen molar-refractivity contribution in [3.8, 4) is 11.5 Å². The van der Waals surface area contributed by atoms with E-state index < -0.39 is 12.3 Å². The van der Waals surface area contributed by atoms with Crippen LogP contribution in [-0.4, -0.2) is 26.5 Å². The van der Waals surface area contributed by atoms with Crippen molar-refractivity contribution in [3.63, 3.8) is 0 Å². The number of hydrogen-bond donors (Lipinski definition) is 0. The fourth-order valence-corrected chi connectivity index (χ4v) is 3.39. The maximum absolute atomic E-state index is 11.2. The fraction of sp³-hybridized carbons (Fsp3) is 0.200. The van der Waals surface area contributed by atoms with E-state index >= 15 is 0 Å². The van der Waals surface area contributed by atoms with Gasteiger partial charge in [0.25, 0.3) is 0 Å². The van der Waals surface area contributed by atoms with Gasteiger partial charge in [0, 0.05) is 0 Å². The standard InChI is InChI=1S/C10H6Br4O6/c1-17-9(15)19-7-3(11)5(13)8(6(14)4(7)12)20-10(16)18-2/h1-2H3. The first-order chi connectivity index (χ1) is 9.33. The third-order valence-corrected chi connectivity index (χ3v) is 5.98. The van der Waals surface area contributed by atoms with Crippen molar-refractivity contribution >= 4 is 76.0 Å². The van der Waals surface area contributed by atoms with Gasteiger partial charge in [-0.15, -0.1) is 0 Å². The predicted molar refractivity (Wildman–Crippen MR) is 83.3 cm³/mol. The predicted octanol–water partition coefficient (Wildman–Crippen LogP) is 5.03. The third kappa shape index (κ3) is 3.86. The maximum Gasteiger partial charge on any atom is 0.513 e. The van der Waals surface area contributed by atoms with Crippen molar-refractivity contribution in [2.24, 2.45) is 0 Å². The molecule has 0 aliphatic carbocycles. The molecule has 0 spiro atoms. The summed E-state index contributed by atoms with van der Waals surface area (Å²) >= 11 is 12.9. The number of carbonyl (C=O) groups is 2. The average Bonchev–Trinajstić information content (AvgIpc) is 2.45. The Morgan fingerprint density at radius 3 is 1.15 bits per heavy atom. The Hall–Kier alpha value is -0.320. The Kier molecular flexibility index (Phi) is 6.76. The molecule has 0 aliphatic rings. The molecule has 1 aromatic rings. The Labute approximate surface area is 147 Å². The molecule has 0 radical (unpaired) electrons. The number of methoxy groups -OCH3 is 2. The minimum atomic E-state index is -0.896. The molecule has 0 unspecified atom stereocenters. The van der Waals surface area contributed by atoms with Gasteiger partial charge in [-0.05, 0) is 63.7 Å². The largest absolute Gasteiger partial charge is 0.513 e. The Morgan fingerprint density at radius 2 is 0.950 bits per heavy atom. The summed E-state index contributed by atoms with van der Waals surface area (Å²) in [6.07, 6.45) is -1.79. The molecule has 10 heteroatoms. The van der Waals surface area contributed by atoms with Crippen molar-refractivity contribution < 1.29 is 28.5 Å². The first-order valence-electron chi connectivity index (χ1n) is 4.71. The number of carbonyl (C=O) groups excluding carboxylic acids is 2. The van der Waals surface area contributed by atoms with Crippen molar-refractivity contribution in [3.05, 3.63) is 17.9 Å². The van der Waals surface area contributed by atoms with Gasteiger partial charge in [-0.3, -0.25) is 0 Å². The van der Waals surface area contributed by atoms with Gasteiger partial charge < -0.3 is 18.9 Å². The molecular formula is C10H6Br4O6. The topological polar surface area (TPSA) is 71.1 Å². The van der Waals surface area contributed by atoms with Crippen LogP contribution >= 0.6 is 63.7 Å². The number of halogens is 4. The van der Waals surface area contributed by atoms with Crippen LogP contribution in [0.5, 0.6) is 11.5 Å². The van der Waals surface area contributed by atoms with Crippen LogP contribution < -0.4 is 9.47 Å². The van der Waals surface area contributed by atoms with Crippen molar-refractivity contribution in [1.82, 2.24) is 0 Å². The van der Waals surface area contributed by atoms with Crippen LogP contribution in [-0.2, 0) is 9.47 Å². The minimum Gasteiger partial charge on any atom is -0.437 e. The molecule has 1 aromatic carbocycles. The number of rotatable bonds is 2. The fourth-order valence-electron chi connectivity index (χ4n) is 1.02. The zero-order chi connectivity index (χ0) is 15.4. The molecule has 0 atom stereocenters. The lowest BCUT2D eigenvalue weighted by Gasteiger charge is -2.14. The molecule has 0 aliphatic heterocycles. The highest BCUT2D eigenvalue weighted by Crippen LogP contribution is 2.50. The van der Waals surface area contributed by atoms with Crippen molar-refractivity contribution in [1.29, 1.82) is 0 Å². The first kappa shape index (κ1) is 17.7. The van der Waals surface area contributed by atoms with Crippen LogP contribution in [0.2, 0.25) is 0 Å². The molecule has 0 heterocycles. The Balaban J connectivity index is 3.33. The van der Waals surface area contributed by atoms with Gasteiger partial charge >= 0.3 is 12.3 Å². The maximum atomic E-state index is 11.2. The summed E-state index contributed by atoms with van der Waals surface area (Å²) in [6, 6.07) is 0. The minimum absolute atomic E-state index is 0.146. The summed E-state index contributed by atoms with van der Waals surface area (Å²) in [5.41, 5.74) is 0. The summed E-state index contributed by atoms with van der Waals surface area (Å²) in [7, 11) is 2.37. The molecule has 1 rings (SSSR count). The summed E-state index contributed by atoms with van der Waals surface area (Å²) < 4.78 is 20.2. The first-order valence-corrected chi connectivity index (χ1v) is 7.88. The molecule has 0 saturated heterocycles. The van der Waals surface area contributed by atoms with E-state index in [1.165, 1.54) is 14.2 Å². The molecule has 0 saturated carbocycles. The molecule has 6 nitrogen and oxygen atoms in total. The summed E-state index contributed by atoms with van der Waals surface area (Å²) in [6.45, 7) is 0. The zero-order valence-electron chi connectivity index (χ0n) is 9.96. The van der Waals surface area contributed by atoms with E-state index in [1.54, 1.807) is 0 Å². The lowest BCUT2D eigenvalue weighted by Crippen LogP contribution is -2.11. The van der Waals surface area contributed by atoms with E-state index in [-0.39, 0.29) is 11.5 Å².